The van der Waals surface area contributed by atoms with Gasteiger partial charge >= 0.3 is 5.97 Å². The molecule has 6 heteroatoms. The molecule has 0 bridgehead atoms. The van der Waals surface area contributed by atoms with Gasteiger partial charge in [-0.05, 0) is 37.1 Å². The minimum atomic E-state index is -1.13. The average Bonchev–Trinajstić information content (AvgIpc) is 2.35. The molecule has 0 aliphatic carbocycles. The minimum Gasteiger partial charge on any atom is -0.475 e. The fourth-order valence-electron chi connectivity index (χ4n) is 1.95. The highest BCUT2D eigenvalue weighted by Crippen LogP contribution is 2.25. The first kappa shape index (κ1) is 14.8. The van der Waals surface area contributed by atoms with E-state index in [0.29, 0.717) is 27.9 Å². The van der Waals surface area contributed by atoms with E-state index >= 15 is 0 Å². The van der Waals surface area contributed by atoms with Crippen LogP contribution in [0.4, 0.5) is 0 Å². The molecule has 0 saturated carbocycles. The lowest BCUT2D eigenvalue weighted by molar-refractivity contribution is 0.0682. The van der Waals surface area contributed by atoms with Crippen molar-refractivity contribution >= 4 is 29.2 Å². The van der Waals surface area contributed by atoms with Gasteiger partial charge < -0.3 is 5.11 Å². The van der Waals surface area contributed by atoms with E-state index in [1.807, 2.05) is 6.07 Å². The molecule has 0 spiro atoms. The molecule has 0 aliphatic heterocycles. The normalized spacial score (nSPS) is 10.6. The Labute approximate surface area is 126 Å². The van der Waals surface area contributed by atoms with Gasteiger partial charge in [-0.2, -0.15) is 0 Å². The predicted octanol–water partition coefficient (Wildman–Crippen LogP) is 3.69. The summed E-state index contributed by atoms with van der Waals surface area (Å²) in [6, 6.07) is 5.28. The van der Waals surface area contributed by atoms with Crippen molar-refractivity contribution in [2.45, 2.75) is 20.3 Å². The summed E-state index contributed by atoms with van der Waals surface area (Å²) in [6.07, 6.45) is 0.535. The van der Waals surface area contributed by atoms with Gasteiger partial charge in [0.2, 0.25) is 5.82 Å². The Bertz CT molecular complexity index is 664. The Hall–Kier alpha value is -1.65. The molecule has 4 nitrogen and oxygen atoms in total. The summed E-state index contributed by atoms with van der Waals surface area (Å²) in [7, 11) is 0. The summed E-state index contributed by atoms with van der Waals surface area (Å²) < 4.78 is 0. The van der Waals surface area contributed by atoms with Gasteiger partial charge in [-0.15, -0.1) is 0 Å². The second kappa shape index (κ2) is 5.77. The molecule has 104 valence electrons. The van der Waals surface area contributed by atoms with Gasteiger partial charge in [0.1, 0.15) is 0 Å². The van der Waals surface area contributed by atoms with Crippen LogP contribution in [0, 0.1) is 13.8 Å². The second-order valence-corrected chi connectivity index (χ2v) is 5.26. The van der Waals surface area contributed by atoms with Gasteiger partial charge in [0, 0.05) is 27.9 Å². The summed E-state index contributed by atoms with van der Waals surface area (Å²) in [5.74, 6) is -1.32. The number of carboxylic acid groups (broad SMARTS) is 1. The number of hydrogen-bond acceptors (Lipinski definition) is 3. The van der Waals surface area contributed by atoms with Crippen molar-refractivity contribution in [2.75, 3.05) is 0 Å². The molecule has 1 aromatic carbocycles. The van der Waals surface area contributed by atoms with Crippen LogP contribution in [0.15, 0.2) is 18.2 Å². The van der Waals surface area contributed by atoms with Crippen molar-refractivity contribution in [1.82, 2.24) is 9.97 Å². The number of aromatic carboxylic acids is 1. The van der Waals surface area contributed by atoms with Crippen molar-refractivity contribution in [3.63, 3.8) is 0 Å². The molecule has 2 aromatic rings. The van der Waals surface area contributed by atoms with E-state index in [1.165, 1.54) is 0 Å². The zero-order chi connectivity index (χ0) is 14.9. The predicted molar refractivity (Wildman–Crippen MR) is 77.7 cm³/mol. The van der Waals surface area contributed by atoms with Gasteiger partial charge in [0.05, 0.1) is 0 Å². The molecule has 0 atom stereocenters. The van der Waals surface area contributed by atoms with Crippen LogP contribution < -0.4 is 0 Å². The standard InChI is InChI=1S/C14H12Cl2N2O2/c1-7-11(8(2)18-13(17-7)14(19)20)5-9-3-4-10(15)6-12(9)16/h3-4,6H,5H2,1-2H3,(H,19,20). The van der Waals surface area contributed by atoms with E-state index in [2.05, 4.69) is 9.97 Å². The quantitative estimate of drug-likeness (QED) is 0.939. The fraction of sp³-hybridized carbons (Fsp3) is 0.214. The van der Waals surface area contributed by atoms with Crippen molar-refractivity contribution in [2.24, 2.45) is 0 Å². The first-order chi connectivity index (χ1) is 9.38. The van der Waals surface area contributed by atoms with Gasteiger partial charge in [0.25, 0.3) is 0 Å². The molecule has 20 heavy (non-hydrogen) atoms. The number of carboxylic acids is 1. The van der Waals surface area contributed by atoms with Crippen LogP contribution in [0.2, 0.25) is 10.0 Å². The van der Waals surface area contributed by atoms with Crippen LogP contribution in [0.1, 0.15) is 33.1 Å². The molecule has 1 aromatic heterocycles. The molecule has 2 rings (SSSR count). The lowest BCUT2D eigenvalue weighted by Gasteiger charge is -2.11. The molecule has 1 N–H and O–H groups in total. The van der Waals surface area contributed by atoms with Crippen molar-refractivity contribution in [1.29, 1.82) is 0 Å². The summed E-state index contributed by atoms with van der Waals surface area (Å²) >= 11 is 12.0. The molecule has 1 heterocycles. The van der Waals surface area contributed by atoms with Crippen molar-refractivity contribution in [3.05, 3.63) is 56.6 Å². The first-order valence-corrected chi connectivity index (χ1v) is 6.65. The third kappa shape index (κ3) is 3.08. The van der Waals surface area contributed by atoms with Gasteiger partial charge in [-0.25, -0.2) is 14.8 Å². The number of hydrogen-bond donors (Lipinski definition) is 1. The van der Waals surface area contributed by atoms with Gasteiger partial charge in [-0.3, -0.25) is 0 Å². The number of carbonyl (C=O) groups is 1. The number of halogens is 2. The lowest BCUT2D eigenvalue weighted by Crippen LogP contribution is -2.10. The largest absolute Gasteiger partial charge is 0.475 e. The Morgan fingerprint density at radius 1 is 1.20 bits per heavy atom. The maximum absolute atomic E-state index is 10.9. The van der Waals surface area contributed by atoms with Gasteiger partial charge in [0.15, 0.2) is 0 Å². The van der Waals surface area contributed by atoms with E-state index < -0.39 is 5.97 Å². The third-order valence-corrected chi connectivity index (χ3v) is 3.58. The number of aryl methyl sites for hydroxylation is 2. The van der Waals surface area contributed by atoms with E-state index in [0.717, 1.165) is 11.1 Å². The lowest BCUT2D eigenvalue weighted by atomic mass is 10.0. The molecular weight excluding hydrogens is 299 g/mol. The molecule has 0 unspecified atom stereocenters. The third-order valence-electron chi connectivity index (χ3n) is 2.99. The maximum Gasteiger partial charge on any atom is 0.373 e. The van der Waals surface area contributed by atoms with Gasteiger partial charge in [-0.1, -0.05) is 29.3 Å². The first-order valence-electron chi connectivity index (χ1n) is 5.90. The van der Waals surface area contributed by atoms with E-state index in [1.54, 1.807) is 26.0 Å². The van der Waals surface area contributed by atoms with E-state index in [9.17, 15) is 4.79 Å². The molecular formula is C14H12Cl2N2O2. The summed E-state index contributed by atoms with van der Waals surface area (Å²) in [4.78, 5) is 18.9. The molecule has 0 radical (unpaired) electrons. The Morgan fingerprint density at radius 2 is 1.80 bits per heavy atom. The van der Waals surface area contributed by atoms with Crippen LogP contribution in [0.25, 0.3) is 0 Å². The number of aromatic nitrogens is 2. The monoisotopic (exact) mass is 310 g/mol. The second-order valence-electron chi connectivity index (χ2n) is 4.41. The smallest absolute Gasteiger partial charge is 0.373 e. The Balaban J connectivity index is 2.41. The van der Waals surface area contributed by atoms with E-state index in [-0.39, 0.29) is 5.82 Å². The minimum absolute atomic E-state index is 0.189. The SMILES string of the molecule is Cc1nc(C(=O)O)nc(C)c1Cc1ccc(Cl)cc1Cl. The number of benzene rings is 1. The number of nitrogens with zero attached hydrogens (tertiary/aromatic N) is 2. The summed E-state index contributed by atoms with van der Waals surface area (Å²) in [5, 5.41) is 10.1. The van der Waals surface area contributed by atoms with Crippen LogP contribution in [-0.2, 0) is 6.42 Å². The zero-order valence-corrected chi connectivity index (χ0v) is 12.5. The average molecular weight is 311 g/mol. The molecule has 0 aliphatic rings. The Kier molecular flexibility index (Phi) is 4.26. The topological polar surface area (TPSA) is 63.1 Å². The Morgan fingerprint density at radius 3 is 2.30 bits per heavy atom. The fourth-order valence-corrected chi connectivity index (χ4v) is 2.42. The van der Waals surface area contributed by atoms with E-state index in [4.69, 9.17) is 28.3 Å². The molecule has 0 fully saturated rings. The number of rotatable bonds is 3. The van der Waals surface area contributed by atoms with Crippen LogP contribution in [0.5, 0.6) is 0 Å². The highest BCUT2D eigenvalue weighted by atomic mass is 35.5. The molecule has 0 amide bonds. The van der Waals surface area contributed by atoms with Crippen LogP contribution in [-0.4, -0.2) is 21.0 Å². The summed E-state index contributed by atoms with van der Waals surface area (Å²) in [6.45, 7) is 3.53. The zero-order valence-electron chi connectivity index (χ0n) is 10.9. The highest BCUT2D eigenvalue weighted by Gasteiger charge is 2.14. The van der Waals surface area contributed by atoms with Crippen molar-refractivity contribution in [3.8, 4) is 0 Å². The van der Waals surface area contributed by atoms with Crippen LogP contribution in [0.3, 0.4) is 0 Å². The van der Waals surface area contributed by atoms with Crippen LogP contribution >= 0.6 is 23.2 Å². The van der Waals surface area contributed by atoms with Crippen molar-refractivity contribution < 1.29 is 9.90 Å². The molecule has 0 saturated heterocycles. The highest BCUT2D eigenvalue weighted by molar-refractivity contribution is 6.35. The summed E-state index contributed by atoms with van der Waals surface area (Å²) in [5.41, 5.74) is 3.05. The maximum atomic E-state index is 10.9.